The van der Waals surface area contributed by atoms with Gasteiger partial charge in [0, 0.05) is 10.2 Å². The lowest BCUT2D eigenvalue weighted by Crippen LogP contribution is -2.13. The predicted octanol–water partition coefficient (Wildman–Crippen LogP) is 3.81. The number of rotatable bonds is 4. The van der Waals surface area contributed by atoms with Crippen molar-refractivity contribution in [3.63, 3.8) is 0 Å². The number of hydrogen-bond acceptors (Lipinski definition) is 2. The molecule has 0 aromatic heterocycles. The molecule has 0 aliphatic carbocycles. The van der Waals surface area contributed by atoms with Crippen molar-refractivity contribution in [2.75, 3.05) is 4.72 Å². The zero-order valence-electron chi connectivity index (χ0n) is 10.4. The lowest BCUT2D eigenvalue weighted by Gasteiger charge is -2.10. The van der Waals surface area contributed by atoms with Crippen LogP contribution in [0.4, 0.5) is 5.69 Å². The van der Waals surface area contributed by atoms with E-state index in [0.29, 0.717) is 10.2 Å². The summed E-state index contributed by atoms with van der Waals surface area (Å²) in [5.74, 6) is 0. The minimum Gasteiger partial charge on any atom is -0.280 e. The highest BCUT2D eigenvalue weighted by molar-refractivity contribution is 9.10. The SMILES string of the molecule is CCc1cccc(NS(=O)(=O)c2ccccc2Br)c1. The van der Waals surface area contributed by atoms with Gasteiger partial charge < -0.3 is 0 Å². The molecule has 19 heavy (non-hydrogen) atoms. The number of halogens is 1. The van der Waals surface area contributed by atoms with E-state index < -0.39 is 10.0 Å². The van der Waals surface area contributed by atoms with Crippen LogP contribution in [0.2, 0.25) is 0 Å². The van der Waals surface area contributed by atoms with Gasteiger partial charge in [0.1, 0.15) is 4.90 Å². The molecule has 0 unspecified atom stereocenters. The smallest absolute Gasteiger partial charge is 0.263 e. The molecule has 0 bridgehead atoms. The van der Waals surface area contributed by atoms with E-state index in [1.807, 2.05) is 25.1 Å². The second kappa shape index (κ2) is 5.75. The van der Waals surface area contributed by atoms with Crippen LogP contribution in [0.3, 0.4) is 0 Å². The van der Waals surface area contributed by atoms with Gasteiger partial charge in [-0.2, -0.15) is 0 Å². The summed E-state index contributed by atoms with van der Waals surface area (Å²) in [5, 5.41) is 0. The molecule has 0 saturated heterocycles. The van der Waals surface area contributed by atoms with Crippen LogP contribution in [-0.2, 0) is 16.4 Å². The molecule has 0 radical (unpaired) electrons. The molecule has 0 spiro atoms. The Morgan fingerprint density at radius 1 is 1.11 bits per heavy atom. The molecule has 0 heterocycles. The molecule has 2 rings (SSSR count). The first-order valence-corrected chi connectivity index (χ1v) is 8.17. The normalized spacial score (nSPS) is 11.3. The van der Waals surface area contributed by atoms with E-state index in [1.54, 1.807) is 30.3 Å². The molecule has 1 N–H and O–H groups in total. The van der Waals surface area contributed by atoms with Gasteiger partial charge in [0.05, 0.1) is 0 Å². The van der Waals surface area contributed by atoms with E-state index in [2.05, 4.69) is 20.7 Å². The third-order valence-corrected chi connectivity index (χ3v) is 5.11. The third kappa shape index (κ3) is 3.36. The van der Waals surface area contributed by atoms with Crippen molar-refractivity contribution in [2.24, 2.45) is 0 Å². The number of anilines is 1. The summed E-state index contributed by atoms with van der Waals surface area (Å²) in [6.45, 7) is 2.03. The Balaban J connectivity index is 2.34. The maximum absolute atomic E-state index is 12.3. The van der Waals surface area contributed by atoms with Crippen molar-refractivity contribution in [3.05, 3.63) is 58.6 Å². The Labute approximate surface area is 121 Å². The monoisotopic (exact) mass is 339 g/mol. The van der Waals surface area contributed by atoms with Gasteiger partial charge in [-0.1, -0.05) is 31.2 Å². The quantitative estimate of drug-likeness (QED) is 0.920. The first-order valence-electron chi connectivity index (χ1n) is 5.89. The summed E-state index contributed by atoms with van der Waals surface area (Å²) >= 11 is 3.25. The summed E-state index contributed by atoms with van der Waals surface area (Å²) in [4.78, 5) is 0.233. The number of aryl methyl sites for hydroxylation is 1. The maximum Gasteiger partial charge on any atom is 0.263 e. The van der Waals surface area contributed by atoms with Crippen LogP contribution in [-0.4, -0.2) is 8.42 Å². The molecule has 3 nitrogen and oxygen atoms in total. The largest absolute Gasteiger partial charge is 0.280 e. The van der Waals surface area contributed by atoms with Crippen LogP contribution in [0.1, 0.15) is 12.5 Å². The number of hydrogen-bond donors (Lipinski definition) is 1. The zero-order valence-corrected chi connectivity index (χ0v) is 12.8. The van der Waals surface area contributed by atoms with Crippen molar-refractivity contribution in [1.29, 1.82) is 0 Å². The Kier molecular flexibility index (Phi) is 4.27. The Hall–Kier alpha value is -1.33. The fourth-order valence-electron chi connectivity index (χ4n) is 1.73. The van der Waals surface area contributed by atoms with Crippen molar-refractivity contribution in [1.82, 2.24) is 0 Å². The fourth-order valence-corrected chi connectivity index (χ4v) is 3.78. The summed E-state index contributed by atoms with van der Waals surface area (Å²) in [7, 11) is -3.57. The first kappa shape index (κ1) is 14.1. The molecule has 2 aromatic carbocycles. The first-order chi connectivity index (χ1) is 9.03. The summed E-state index contributed by atoms with van der Waals surface area (Å²) < 4.78 is 27.7. The van der Waals surface area contributed by atoms with E-state index in [1.165, 1.54) is 0 Å². The maximum atomic E-state index is 12.3. The molecular formula is C14H14BrNO2S. The lowest BCUT2D eigenvalue weighted by atomic mass is 10.1. The van der Waals surface area contributed by atoms with Crippen LogP contribution < -0.4 is 4.72 Å². The van der Waals surface area contributed by atoms with E-state index in [0.717, 1.165) is 12.0 Å². The van der Waals surface area contributed by atoms with Gasteiger partial charge in [-0.3, -0.25) is 4.72 Å². The highest BCUT2D eigenvalue weighted by Gasteiger charge is 2.16. The van der Waals surface area contributed by atoms with E-state index in [9.17, 15) is 8.42 Å². The predicted molar refractivity (Wildman–Crippen MR) is 80.8 cm³/mol. The zero-order chi connectivity index (χ0) is 13.9. The summed E-state index contributed by atoms with van der Waals surface area (Å²) in [6, 6.07) is 14.1. The van der Waals surface area contributed by atoms with Gasteiger partial charge in [0.15, 0.2) is 0 Å². The second-order valence-electron chi connectivity index (χ2n) is 4.09. The Bertz CT molecular complexity index is 683. The average Bonchev–Trinajstić information content (AvgIpc) is 2.38. The molecule has 0 saturated carbocycles. The van der Waals surface area contributed by atoms with Gasteiger partial charge >= 0.3 is 0 Å². The summed E-state index contributed by atoms with van der Waals surface area (Å²) in [6.07, 6.45) is 0.866. The molecule has 0 fully saturated rings. The van der Waals surface area contributed by atoms with Crippen LogP contribution in [0.5, 0.6) is 0 Å². The molecule has 5 heteroatoms. The third-order valence-electron chi connectivity index (χ3n) is 2.71. The molecule has 0 aliphatic heterocycles. The fraction of sp³-hybridized carbons (Fsp3) is 0.143. The molecule has 0 aliphatic rings. The standard InChI is InChI=1S/C14H14BrNO2S/c1-2-11-6-5-7-12(10-11)16-19(17,18)14-9-4-3-8-13(14)15/h3-10,16H,2H2,1H3. The van der Waals surface area contributed by atoms with Crippen molar-refractivity contribution in [3.8, 4) is 0 Å². The van der Waals surface area contributed by atoms with Crippen LogP contribution in [0.15, 0.2) is 57.9 Å². The van der Waals surface area contributed by atoms with Gasteiger partial charge in [-0.05, 0) is 52.2 Å². The minimum atomic E-state index is -3.57. The molecule has 2 aromatic rings. The van der Waals surface area contributed by atoms with Crippen molar-refractivity contribution < 1.29 is 8.42 Å². The molecular weight excluding hydrogens is 326 g/mol. The molecule has 0 amide bonds. The number of nitrogens with one attached hydrogen (secondary N) is 1. The van der Waals surface area contributed by atoms with E-state index in [4.69, 9.17) is 0 Å². The topological polar surface area (TPSA) is 46.2 Å². The van der Waals surface area contributed by atoms with Gasteiger partial charge in [0.2, 0.25) is 0 Å². The Morgan fingerprint density at radius 3 is 2.53 bits per heavy atom. The van der Waals surface area contributed by atoms with E-state index in [-0.39, 0.29) is 4.90 Å². The highest BCUT2D eigenvalue weighted by atomic mass is 79.9. The van der Waals surface area contributed by atoms with Crippen LogP contribution in [0.25, 0.3) is 0 Å². The van der Waals surface area contributed by atoms with Gasteiger partial charge in [-0.25, -0.2) is 8.42 Å². The lowest BCUT2D eigenvalue weighted by molar-refractivity contribution is 0.601. The van der Waals surface area contributed by atoms with Crippen LogP contribution in [0, 0.1) is 0 Å². The van der Waals surface area contributed by atoms with Crippen molar-refractivity contribution >= 4 is 31.6 Å². The number of sulfonamides is 1. The highest BCUT2D eigenvalue weighted by Crippen LogP contribution is 2.24. The second-order valence-corrected chi connectivity index (χ2v) is 6.60. The average molecular weight is 340 g/mol. The molecule has 0 atom stereocenters. The molecule has 100 valence electrons. The van der Waals surface area contributed by atoms with Crippen LogP contribution >= 0.6 is 15.9 Å². The Morgan fingerprint density at radius 2 is 1.84 bits per heavy atom. The summed E-state index contributed by atoms with van der Waals surface area (Å²) in [5.41, 5.74) is 1.67. The van der Waals surface area contributed by atoms with Gasteiger partial charge in [-0.15, -0.1) is 0 Å². The van der Waals surface area contributed by atoms with Gasteiger partial charge in [0.25, 0.3) is 10.0 Å². The van der Waals surface area contributed by atoms with E-state index >= 15 is 0 Å². The minimum absolute atomic E-state index is 0.233. The van der Waals surface area contributed by atoms with Crippen molar-refractivity contribution in [2.45, 2.75) is 18.2 Å². The number of benzene rings is 2.